The molecule has 1 nitrogen and oxygen atoms in total. The molecule has 0 bridgehead atoms. The lowest BCUT2D eigenvalue weighted by molar-refractivity contribution is 0.180. The third-order valence-corrected chi connectivity index (χ3v) is 3.71. The minimum absolute atomic E-state index is 0.801. The molecule has 0 atom stereocenters. The second-order valence-corrected chi connectivity index (χ2v) is 4.87. The van der Waals surface area contributed by atoms with Crippen molar-refractivity contribution in [3.05, 3.63) is 28.2 Å². The zero-order valence-corrected chi connectivity index (χ0v) is 10.0. The van der Waals surface area contributed by atoms with E-state index in [1.54, 1.807) is 0 Å². The summed E-state index contributed by atoms with van der Waals surface area (Å²) >= 11 is 3.50. The first-order chi connectivity index (χ1) is 6.75. The Bertz CT molecular complexity index is 318. The molecule has 1 aliphatic carbocycles. The second kappa shape index (κ2) is 4.35. The molecule has 1 aliphatic rings. The number of aryl methyl sites for hydroxylation is 1. The van der Waals surface area contributed by atoms with Gasteiger partial charge in [0.15, 0.2) is 0 Å². The fraction of sp³-hybridized carbons (Fsp3) is 0.500. The summed E-state index contributed by atoms with van der Waals surface area (Å²) in [7, 11) is 0. The smallest absolute Gasteiger partial charge is 0.120 e. The van der Waals surface area contributed by atoms with E-state index in [1.807, 2.05) is 12.1 Å². The van der Waals surface area contributed by atoms with Crippen molar-refractivity contribution in [1.82, 2.24) is 0 Å². The van der Waals surface area contributed by atoms with Crippen molar-refractivity contribution in [2.24, 2.45) is 5.92 Å². The van der Waals surface area contributed by atoms with Crippen LogP contribution in [0.2, 0.25) is 0 Å². The zero-order chi connectivity index (χ0) is 9.97. The molecule has 1 aromatic carbocycles. The predicted octanol–water partition coefficient (Wildman–Crippen LogP) is 3.94. The van der Waals surface area contributed by atoms with Gasteiger partial charge in [-0.05, 0) is 43.4 Å². The normalized spacial score (nSPS) is 16.4. The molecule has 0 heterocycles. The maximum Gasteiger partial charge on any atom is 0.120 e. The minimum Gasteiger partial charge on any atom is -0.493 e. The van der Waals surface area contributed by atoms with E-state index in [9.17, 15) is 0 Å². The van der Waals surface area contributed by atoms with Crippen LogP contribution in [0, 0.1) is 12.8 Å². The molecule has 1 saturated carbocycles. The maximum absolute atomic E-state index is 5.72. The van der Waals surface area contributed by atoms with Crippen LogP contribution in [-0.2, 0) is 0 Å². The van der Waals surface area contributed by atoms with Crippen molar-refractivity contribution in [2.45, 2.75) is 26.2 Å². The Labute approximate surface area is 93.6 Å². The lowest BCUT2D eigenvalue weighted by atomic mass is 9.86. The SMILES string of the molecule is Cc1ccc(OCC2CCC2)cc1Br. The average molecular weight is 255 g/mol. The third-order valence-electron chi connectivity index (χ3n) is 2.85. The molecule has 76 valence electrons. The van der Waals surface area contributed by atoms with E-state index >= 15 is 0 Å². The second-order valence-electron chi connectivity index (χ2n) is 4.02. The van der Waals surface area contributed by atoms with Gasteiger partial charge >= 0.3 is 0 Å². The molecule has 0 amide bonds. The standard InChI is InChI=1S/C12H15BrO/c1-9-5-6-11(7-12(9)13)14-8-10-3-2-4-10/h5-7,10H,2-4,8H2,1H3. The Kier molecular flexibility index (Phi) is 3.12. The van der Waals surface area contributed by atoms with E-state index in [-0.39, 0.29) is 0 Å². The molecular weight excluding hydrogens is 240 g/mol. The summed E-state index contributed by atoms with van der Waals surface area (Å²) in [6.07, 6.45) is 4.06. The van der Waals surface area contributed by atoms with Gasteiger partial charge in [0.1, 0.15) is 5.75 Å². The number of hydrogen-bond acceptors (Lipinski definition) is 1. The average Bonchev–Trinajstić information content (AvgIpc) is 2.08. The molecule has 0 aromatic heterocycles. The van der Waals surface area contributed by atoms with Crippen LogP contribution in [-0.4, -0.2) is 6.61 Å². The summed E-state index contributed by atoms with van der Waals surface area (Å²) in [5.74, 6) is 1.78. The molecule has 2 rings (SSSR count). The van der Waals surface area contributed by atoms with Gasteiger partial charge in [-0.2, -0.15) is 0 Å². The van der Waals surface area contributed by atoms with Crippen molar-refractivity contribution in [2.75, 3.05) is 6.61 Å². The van der Waals surface area contributed by atoms with Gasteiger partial charge in [0, 0.05) is 4.47 Å². The van der Waals surface area contributed by atoms with Gasteiger partial charge in [-0.25, -0.2) is 0 Å². The molecule has 0 radical (unpaired) electrons. The Hall–Kier alpha value is -0.500. The first-order valence-electron chi connectivity index (χ1n) is 5.14. The highest BCUT2D eigenvalue weighted by molar-refractivity contribution is 9.10. The van der Waals surface area contributed by atoms with Crippen LogP contribution in [0.5, 0.6) is 5.75 Å². The lowest BCUT2D eigenvalue weighted by Gasteiger charge is -2.25. The van der Waals surface area contributed by atoms with Crippen molar-refractivity contribution in [1.29, 1.82) is 0 Å². The predicted molar refractivity (Wildman–Crippen MR) is 61.7 cm³/mol. The van der Waals surface area contributed by atoms with E-state index < -0.39 is 0 Å². The van der Waals surface area contributed by atoms with Gasteiger partial charge in [0.05, 0.1) is 6.61 Å². The van der Waals surface area contributed by atoms with Gasteiger partial charge in [0.25, 0.3) is 0 Å². The highest BCUT2D eigenvalue weighted by atomic mass is 79.9. The van der Waals surface area contributed by atoms with Crippen LogP contribution >= 0.6 is 15.9 Å². The molecule has 0 spiro atoms. The van der Waals surface area contributed by atoms with Gasteiger partial charge < -0.3 is 4.74 Å². The summed E-state index contributed by atoms with van der Waals surface area (Å²) in [6, 6.07) is 6.17. The quantitative estimate of drug-likeness (QED) is 0.794. The van der Waals surface area contributed by atoms with Crippen molar-refractivity contribution >= 4 is 15.9 Å². The molecule has 0 N–H and O–H groups in total. The Morgan fingerprint density at radius 1 is 1.43 bits per heavy atom. The number of halogens is 1. The fourth-order valence-electron chi connectivity index (χ4n) is 1.54. The fourth-order valence-corrected chi connectivity index (χ4v) is 1.89. The summed E-state index contributed by atoms with van der Waals surface area (Å²) < 4.78 is 6.84. The van der Waals surface area contributed by atoms with Crippen molar-refractivity contribution in [3.8, 4) is 5.75 Å². The number of benzene rings is 1. The summed E-state index contributed by atoms with van der Waals surface area (Å²) in [5.41, 5.74) is 1.25. The zero-order valence-electron chi connectivity index (χ0n) is 8.42. The summed E-state index contributed by atoms with van der Waals surface area (Å²) in [5, 5.41) is 0. The summed E-state index contributed by atoms with van der Waals surface area (Å²) in [6.45, 7) is 2.97. The van der Waals surface area contributed by atoms with Gasteiger partial charge in [0.2, 0.25) is 0 Å². The molecular formula is C12H15BrO. The van der Waals surface area contributed by atoms with Gasteiger partial charge in [-0.15, -0.1) is 0 Å². The Morgan fingerprint density at radius 2 is 2.21 bits per heavy atom. The molecule has 1 fully saturated rings. The van der Waals surface area contributed by atoms with Crippen LogP contribution in [0.25, 0.3) is 0 Å². The Balaban J connectivity index is 1.91. The number of hydrogen-bond donors (Lipinski definition) is 0. The summed E-state index contributed by atoms with van der Waals surface area (Å²) in [4.78, 5) is 0. The first kappa shape index (κ1) is 10.0. The monoisotopic (exact) mass is 254 g/mol. The highest BCUT2D eigenvalue weighted by Crippen LogP contribution is 2.28. The topological polar surface area (TPSA) is 9.23 Å². The van der Waals surface area contributed by atoms with E-state index in [1.165, 1.54) is 24.8 Å². The van der Waals surface area contributed by atoms with E-state index in [0.717, 1.165) is 22.7 Å². The number of rotatable bonds is 3. The van der Waals surface area contributed by atoms with Crippen LogP contribution in [0.15, 0.2) is 22.7 Å². The molecule has 0 aliphatic heterocycles. The molecule has 2 heteroatoms. The van der Waals surface area contributed by atoms with E-state index in [0.29, 0.717) is 0 Å². The van der Waals surface area contributed by atoms with Crippen LogP contribution in [0.4, 0.5) is 0 Å². The molecule has 0 unspecified atom stereocenters. The van der Waals surface area contributed by atoms with E-state index in [2.05, 4.69) is 28.9 Å². The third kappa shape index (κ3) is 2.30. The van der Waals surface area contributed by atoms with Crippen molar-refractivity contribution in [3.63, 3.8) is 0 Å². The maximum atomic E-state index is 5.72. The van der Waals surface area contributed by atoms with Gasteiger partial charge in [-0.1, -0.05) is 28.4 Å². The van der Waals surface area contributed by atoms with Crippen LogP contribution < -0.4 is 4.74 Å². The van der Waals surface area contributed by atoms with E-state index in [4.69, 9.17) is 4.74 Å². The molecule has 1 aromatic rings. The highest BCUT2D eigenvalue weighted by Gasteiger charge is 2.17. The largest absolute Gasteiger partial charge is 0.493 e. The van der Waals surface area contributed by atoms with Crippen LogP contribution in [0.3, 0.4) is 0 Å². The first-order valence-corrected chi connectivity index (χ1v) is 5.94. The van der Waals surface area contributed by atoms with Gasteiger partial charge in [-0.3, -0.25) is 0 Å². The molecule has 0 saturated heterocycles. The Morgan fingerprint density at radius 3 is 2.79 bits per heavy atom. The number of ether oxygens (including phenoxy) is 1. The lowest BCUT2D eigenvalue weighted by Crippen LogP contribution is -2.19. The molecule has 14 heavy (non-hydrogen) atoms. The van der Waals surface area contributed by atoms with Crippen molar-refractivity contribution < 1.29 is 4.74 Å². The van der Waals surface area contributed by atoms with Crippen LogP contribution in [0.1, 0.15) is 24.8 Å². The minimum atomic E-state index is 0.801.